The highest BCUT2D eigenvalue weighted by Gasteiger charge is 2.16. The van der Waals surface area contributed by atoms with Gasteiger partial charge in [0, 0.05) is 13.1 Å². The smallest absolute Gasteiger partial charge is 0.246 e. The van der Waals surface area contributed by atoms with Crippen LogP contribution in [0, 0.1) is 5.82 Å². The number of rotatable bonds is 6. The molecule has 2 aromatic carbocycles. The number of primary sulfonamides is 1. The number of benzene rings is 2. The summed E-state index contributed by atoms with van der Waals surface area (Å²) in [5, 5.41) is 5.08. The van der Waals surface area contributed by atoms with E-state index in [4.69, 9.17) is 9.88 Å². The average Bonchev–Trinajstić information content (AvgIpc) is 2.64. The van der Waals surface area contributed by atoms with Crippen LogP contribution in [0.2, 0.25) is 0 Å². The molecule has 2 rings (SSSR count). The number of hydrogen-bond donors (Lipinski definition) is 1. The number of sulfonamides is 1. The number of nitrogens with zero attached hydrogens (tertiary/aromatic N) is 1. The first kappa shape index (κ1) is 20.6. The van der Waals surface area contributed by atoms with E-state index in [-0.39, 0.29) is 22.6 Å². The topological polar surface area (TPSA) is 89.7 Å². The number of methoxy groups -OCH3 is 1. The molecule has 0 aliphatic heterocycles. The van der Waals surface area contributed by atoms with Crippen molar-refractivity contribution in [3.05, 3.63) is 65.5 Å². The highest BCUT2D eigenvalue weighted by atomic mass is 32.2. The van der Waals surface area contributed by atoms with Crippen LogP contribution >= 0.6 is 0 Å². The fraction of sp³-hybridized carbons (Fsp3) is 0.211. The van der Waals surface area contributed by atoms with Crippen LogP contribution < -0.4 is 9.88 Å². The SMILES string of the molecule is COc1ccc(/C=C/C(=O)N(C)C(C)c2ccc(S(N)(=O)=O)cc2)cc1F. The minimum atomic E-state index is -3.76. The summed E-state index contributed by atoms with van der Waals surface area (Å²) in [5.74, 6) is -0.662. The van der Waals surface area contributed by atoms with Gasteiger partial charge in [0.1, 0.15) is 0 Å². The van der Waals surface area contributed by atoms with Gasteiger partial charge in [-0.05, 0) is 48.4 Å². The molecular weight excluding hydrogens is 371 g/mol. The Bertz CT molecular complexity index is 956. The van der Waals surface area contributed by atoms with E-state index in [0.29, 0.717) is 5.56 Å². The number of hydrogen-bond acceptors (Lipinski definition) is 4. The lowest BCUT2D eigenvalue weighted by molar-refractivity contribution is -0.126. The number of ether oxygens (including phenoxy) is 1. The van der Waals surface area contributed by atoms with E-state index in [9.17, 15) is 17.6 Å². The molecule has 0 saturated heterocycles. The zero-order valence-corrected chi connectivity index (χ0v) is 16.0. The zero-order chi connectivity index (χ0) is 20.2. The number of carbonyl (C=O) groups excluding carboxylic acids is 1. The quantitative estimate of drug-likeness (QED) is 0.766. The molecule has 0 aliphatic rings. The minimum absolute atomic E-state index is 0.00820. The zero-order valence-electron chi connectivity index (χ0n) is 15.2. The molecule has 0 radical (unpaired) electrons. The van der Waals surface area contributed by atoms with Crippen molar-refractivity contribution >= 4 is 22.0 Å². The lowest BCUT2D eigenvalue weighted by atomic mass is 10.1. The summed E-state index contributed by atoms with van der Waals surface area (Å²) in [6.07, 6.45) is 2.86. The minimum Gasteiger partial charge on any atom is -0.494 e. The van der Waals surface area contributed by atoms with E-state index < -0.39 is 15.8 Å². The Morgan fingerprint density at radius 3 is 2.37 bits per heavy atom. The number of halogens is 1. The van der Waals surface area contributed by atoms with Gasteiger partial charge in [0.2, 0.25) is 15.9 Å². The van der Waals surface area contributed by atoms with E-state index in [1.54, 1.807) is 25.2 Å². The van der Waals surface area contributed by atoms with Gasteiger partial charge in [-0.1, -0.05) is 18.2 Å². The molecule has 2 N–H and O–H groups in total. The van der Waals surface area contributed by atoms with Crippen LogP contribution in [0.3, 0.4) is 0 Å². The maximum Gasteiger partial charge on any atom is 0.246 e. The summed E-state index contributed by atoms with van der Waals surface area (Å²) in [7, 11) is -0.758. The van der Waals surface area contributed by atoms with Crippen LogP contribution in [0.4, 0.5) is 4.39 Å². The Morgan fingerprint density at radius 2 is 1.85 bits per heavy atom. The van der Waals surface area contributed by atoms with Crippen LogP contribution in [0.1, 0.15) is 24.1 Å². The standard InChI is InChI=1S/C19H21FN2O4S/c1-13(15-6-8-16(9-7-15)27(21,24)25)22(2)19(23)11-5-14-4-10-18(26-3)17(20)12-14/h4-13H,1-3H3,(H2,21,24,25)/b11-5+. The molecule has 0 heterocycles. The molecule has 1 unspecified atom stereocenters. The molecular formula is C19H21FN2O4S. The lowest BCUT2D eigenvalue weighted by Crippen LogP contribution is -2.28. The Kier molecular flexibility index (Phi) is 6.35. The molecule has 1 atom stereocenters. The number of likely N-dealkylation sites (N-methyl/N-ethyl adjacent to an activating group) is 1. The molecule has 0 spiro atoms. The average molecular weight is 392 g/mol. The molecule has 27 heavy (non-hydrogen) atoms. The Hall–Kier alpha value is -2.71. The lowest BCUT2D eigenvalue weighted by Gasteiger charge is -2.24. The van der Waals surface area contributed by atoms with Crippen molar-refractivity contribution in [2.24, 2.45) is 5.14 Å². The third-order valence-electron chi connectivity index (χ3n) is 4.21. The van der Waals surface area contributed by atoms with Crippen molar-refractivity contribution < 1.29 is 22.3 Å². The van der Waals surface area contributed by atoms with Crippen molar-refractivity contribution in [3.63, 3.8) is 0 Å². The largest absolute Gasteiger partial charge is 0.494 e. The third kappa shape index (κ3) is 5.15. The number of amides is 1. The van der Waals surface area contributed by atoms with Crippen LogP contribution in [0.15, 0.2) is 53.4 Å². The predicted octanol–water partition coefficient (Wildman–Crippen LogP) is 2.71. The normalized spacial score (nSPS) is 12.8. The van der Waals surface area contributed by atoms with E-state index in [0.717, 1.165) is 5.56 Å². The van der Waals surface area contributed by atoms with Gasteiger partial charge < -0.3 is 9.64 Å². The van der Waals surface area contributed by atoms with Crippen LogP contribution in [-0.4, -0.2) is 33.4 Å². The van der Waals surface area contributed by atoms with Crippen molar-refractivity contribution in [1.82, 2.24) is 4.90 Å². The second-order valence-electron chi connectivity index (χ2n) is 5.97. The predicted molar refractivity (Wildman–Crippen MR) is 101 cm³/mol. The molecule has 0 bridgehead atoms. The Balaban J connectivity index is 2.10. The maximum absolute atomic E-state index is 13.7. The monoisotopic (exact) mass is 392 g/mol. The van der Waals surface area contributed by atoms with Crippen LogP contribution in [0.5, 0.6) is 5.75 Å². The first-order valence-electron chi connectivity index (χ1n) is 8.04. The number of carbonyl (C=O) groups is 1. The highest BCUT2D eigenvalue weighted by Crippen LogP contribution is 2.22. The first-order valence-corrected chi connectivity index (χ1v) is 9.59. The fourth-order valence-electron chi connectivity index (χ4n) is 2.42. The summed E-state index contributed by atoms with van der Waals surface area (Å²) in [4.78, 5) is 13.9. The van der Waals surface area contributed by atoms with Gasteiger partial charge in [0.05, 0.1) is 18.0 Å². The van der Waals surface area contributed by atoms with Gasteiger partial charge in [0.15, 0.2) is 11.6 Å². The summed E-state index contributed by atoms with van der Waals surface area (Å²) >= 11 is 0. The fourth-order valence-corrected chi connectivity index (χ4v) is 2.94. The van der Waals surface area contributed by atoms with Crippen molar-refractivity contribution in [1.29, 1.82) is 0 Å². The Morgan fingerprint density at radius 1 is 1.22 bits per heavy atom. The summed E-state index contributed by atoms with van der Waals surface area (Å²) in [6, 6.07) is 10.1. The molecule has 0 aliphatic carbocycles. The summed E-state index contributed by atoms with van der Waals surface area (Å²) in [5.41, 5.74) is 1.28. The van der Waals surface area contributed by atoms with Gasteiger partial charge in [-0.3, -0.25) is 4.79 Å². The van der Waals surface area contributed by atoms with Gasteiger partial charge in [-0.15, -0.1) is 0 Å². The first-order chi connectivity index (χ1) is 12.6. The van der Waals surface area contributed by atoms with Crippen LogP contribution in [-0.2, 0) is 14.8 Å². The third-order valence-corrected chi connectivity index (χ3v) is 5.14. The van der Waals surface area contributed by atoms with E-state index in [1.807, 2.05) is 6.92 Å². The molecule has 0 saturated carbocycles. The number of nitrogens with two attached hydrogens (primary N) is 1. The second kappa shape index (κ2) is 8.32. The molecule has 0 fully saturated rings. The van der Waals surface area contributed by atoms with Crippen molar-refractivity contribution in [2.75, 3.05) is 14.2 Å². The molecule has 144 valence electrons. The molecule has 6 nitrogen and oxygen atoms in total. The van der Waals surface area contributed by atoms with Gasteiger partial charge in [-0.2, -0.15) is 0 Å². The highest BCUT2D eigenvalue weighted by molar-refractivity contribution is 7.89. The molecule has 0 aromatic heterocycles. The van der Waals surface area contributed by atoms with Gasteiger partial charge in [-0.25, -0.2) is 17.9 Å². The van der Waals surface area contributed by atoms with Crippen molar-refractivity contribution in [3.8, 4) is 5.75 Å². The molecule has 2 aromatic rings. The maximum atomic E-state index is 13.7. The van der Waals surface area contributed by atoms with Crippen LogP contribution in [0.25, 0.3) is 6.08 Å². The Labute approximate surface area is 158 Å². The van der Waals surface area contributed by atoms with E-state index in [2.05, 4.69) is 0 Å². The van der Waals surface area contributed by atoms with E-state index >= 15 is 0 Å². The second-order valence-corrected chi connectivity index (χ2v) is 7.53. The summed E-state index contributed by atoms with van der Waals surface area (Å²) in [6.45, 7) is 1.81. The van der Waals surface area contributed by atoms with E-state index in [1.165, 1.54) is 48.4 Å². The van der Waals surface area contributed by atoms with Gasteiger partial charge in [0.25, 0.3) is 0 Å². The van der Waals surface area contributed by atoms with Crippen molar-refractivity contribution in [2.45, 2.75) is 17.9 Å². The summed E-state index contributed by atoms with van der Waals surface area (Å²) < 4.78 is 41.2. The molecule has 1 amide bonds. The van der Waals surface area contributed by atoms with Gasteiger partial charge >= 0.3 is 0 Å². The molecule has 8 heteroatoms.